The van der Waals surface area contributed by atoms with Crippen LogP contribution in [0.1, 0.15) is 15.9 Å². The van der Waals surface area contributed by atoms with Crippen molar-refractivity contribution in [1.29, 1.82) is 0 Å². The molecule has 0 bridgehead atoms. The highest BCUT2D eigenvalue weighted by Crippen LogP contribution is 2.10. The third kappa shape index (κ3) is 2.84. The number of nitrogens with one attached hydrogen (secondary N) is 1. The Hall–Kier alpha value is -2.30. The molecule has 0 amide bonds. The Balaban J connectivity index is 1.96. The van der Waals surface area contributed by atoms with Crippen LogP contribution >= 0.6 is 0 Å². The minimum atomic E-state index is -0.340. The normalized spacial score (nSPS) is 9.94. The number of carbonyl (C=O) groups excluding carboxylic acids is 1. The molecule has 0 aliphatic carbocycles. The summed E-state index contributed by atoms with van der Waals surface area (Å²) in [5, 5.41) is 6.43. The molecule has 0 fully saturated rings. The lowest BCUT2D eigenvalue weighted by molar-refractivity contribution is 0.0600. The van der Waals surface area contributed by atoms with Gasteiger partial charge in [-0.1, -0.05) is 12.1 Å². The average Bonchev–Trinajstić information content (AvgIpc) is 2.89. The zero-order valence-electron chi connectivity index (χ0n) is 9.34. The minimum Gasteiger partial charge on any atom is -0.486 e. The van der Waals surface area contributed by atoms with E-state index in [1.807, 2.05) is 12.1 Å². The summed E-state index contributed by atoms with van der Waals surface area (Å²) >= 11 is 0. The Morgan fingerprint density at radius 3 is 2.71 bits per heavy atom. The SMILES string of the molecule is COC(=O)c1ccc(COc2cn[nH]c2)cc1. The van der Waals surface area contributed by atoms with Crippen molar-refractivity contribution in [2.75, 3.05) is 7.11 Å². The summed E-state index contributed by atoms with van der Waals surface area (Å²) in [5.74, 6) is 0.342. The summed E-state index contributed by atoms with van der Waals surface area (Å²) in [6, 6.07) is 7.07. The van der Waals surface area contributed by atoms with E-state index in [2.05, 4.69) is 14.9 Å². The number of benzene rings is 1. The molecular weight excluding hydrogens is 220 g/mol. The van der Waals surface area contributed by atoms with E-state index in [0.29, 0.717) is 17.9 Å². The molecule has 0 saturated heterocycles. The van der Waals surface area contributed by atoms with Crippen molar-refractivity contribution >= 4 is 5.97 Å². The van der Waals surface area contributed by atoms with Crippen LogP contribution in [0.3, 0.4) is 0 Å². The number of H-pyrrole nitrogens is 1. The molecule has 1 N–H and O–H groups in total. The van der Waals surface area contributed by atoms with Gasteiger partial charge < -0.3 is 9.47 Å². The van der Waals surface area contributed by atoms with E-state index in [0.717, 1.165) is 5.56 Å². The van der Waals surface area contributed by atoms with Crippen molar-refractivity contribution in [2.45, 2.75) is 6.61 Å². The third-order valence-corrected chi connectivity index (χ3v) is 2.25. The Morgan fingerprint density at radius 2 is 2.12 bits per heavy atom. The highest BCUT2D eigenvalue weighted by Gasteiger charge is 2.04. The van der Waals surface area contributed by atoms with Gasteiger partial charge in [0.05, 0.1) is 25.1 Å². The molecule has 0 aliphatic rings. The monoisotopic (exact) mass is 232 g/mol. The van der Waals surface area contributed by atoms with Crippen LogP contribution in [-0.2, 0) is 11.3 Å². The number of ether oxygens (including phenoxy) is 2. The first-order valence-electron chi connectivity index (χ1n) is 5.08. The van der Waals surface area contributed by atoms with E-state index in [4.69, 9.17) is 4.74 Å². The molecule has 0 atom stereocenters. The minimum absolute atomic E-state index is 0.340. The van der Waals surface area contributed by atoms with Crippen LogP contribution in [0.4, 0.5) is 0 Å². The molecule has 0 saturated carbocycles. The Labute approximate surface area is 98.4 Å². The summed E-state index contributed by atoms with van der Waals surface area (Å²) in [6.07, 6.45) is 3.27. The van der Waals surface area contributed by atoms with Crippen molar-refractivity contribution < 1.29 is 14.3 Å². The number of carbonyl (C=O) groups is 1. The smallest absolute Gasteiger partial charge is 0.337 e. The lowest BCUT2D eigenvalue weighted by Crippen LogP contribution is -2.01. The Morgan fingerprint density at radius 1 is 1.35 bits per heavy atom. The van der Waals surface area contributed by atoms with E-state index < -0.39 is 0 Å². The van der Waals surface area contributed by atoms with Crippen molar-refractivity contribution in [3.63, 3.8) is 0 Å². The van der Waals surface area contributed by atoms with Gasteiger partial charge in [-0.05, 0) is 17.7 Å². The zero-order valence-corrected chi connectivity index (χ0v) is 9.34. The molecule has 5 heteroatoms. The maximum Gasteiger partial charge on any atom is 0.337 e. The van der Waals surface area contributed by atoms with Crippen LogP contribution in [0.5, 0.6) is 5.75 Å². The molecule has 17 heavy (non-hydrogen) atoms. The topological polar surface area (TPSA) is 64.2 Å². The largest absolute Gasteiger partial charge is 0.486 e. The van der Waals surface area contributed by atoms with Gasteiger partial charge in [0.15, 0.2) is 5.75 Å². The lowest BCUT2D eigenvalue weighted by atomic mass is 10.1. The molecule has 0 aliphatic heterocycles. The van der Waals surface area contributed by atoms with E-state index in [1.54, 1.807) is 24.5 Å². The average molecular weight is 232 g/mol. The second-order valence-electron chi connectivity index (χ2n) is 3.41. The summed E-state index contributed by atoms with van der Waals surface area (Å²) in [7, 11) is 1.36. The van der Waals surface area contributed by atoms with E-state index in [9.17, 15) is 4.79 Å². The molecule has 2 rings (SSSR count). The molecular formula is C12H12N2O3. The highest BCUT2D eigenvalue weighted by molar-refractivity contribution is 5.89. The predicted molar refractivity (Wildman–Crippen MR) is 60.7 cm³/mol. The van der Waals surface area contributed by atoms with Crippen LogP contribution in [0, 0.1) is 0 Å². The number of hydrogen-bond donors (Lipinski definition) is 1. The molecule has 2 aromatic rings. The van der Waals surface area contributed by atoms with Gasteiger partial charge in [0, 0.05) is 0 Å². The quantitative estimate of drug-likeness (QED) is 0.816. The Kier molecular flexibility index (Phi) is 3.40. The third-order valence-electron chi connectivity index (χ3n) is 2.25. The first kappa shape index (κ1) is 11.2. The summed E-state index contributed by atoms with van der Waals surface area (Å²) in [5.41, 5.74) is 1.50. The van der Waals surface area contributed by atoms with Gasteiger partial charge >= 0.3 is 5.97 Å². The van der Waals surface area contributed by atoms with Crippen molar-refractivity contribution in [1.82, 2.24) is 10.2 Å². The van der Waals surface area contributed by atoms with Gasteiger partial charge in [0.25, 0.3) is 0 Å². The maximum atomic E-state index is 11.2. The molecule has 0 radical (unpaired) electrons. The Bertz CT molecular complexity index is 477. The summed E-state index contributed by atoms with van der Waals surface area (Å²) in [4.78, 5) is 11.2. The van der Waals surface area contributed by atoms with Crippen LogP contribution in [-0.4, -0.2) is 23.3 Å². The number of nitrogens with zero attached hydrogens (tertiary/aromatic N) is 1. The first-order chi connectivity index (χ1) is 8.29. The molecule has 0 spiro atoms. The van der Waals surface area contributed by atoms with Gasteiger partial charge in [-0.3, -0.25) is 5.10 Å². The van der Waals surface area contributed by atoms with E-state index >= 15 is 0 Å². The second kappa shape index (κ2) is 5.16. The summed E-state index contributed by atoms with van der Waals surface area (Å²) < 4.78 is 10.1. The van der Waals surface area contributed by atoms with Crippen LogP contribution in [0.25, 0.3) is 0 Å². The fourth-order valence-corrected chi connectivity index (χ4v) is 1.34. The molecule has 0 unspecified atom stereocenters. The number of aromatic amines is 1. The predicted octanol–water partition coefficient (Wildman–Crippen LogP) is 1.78. The van der Waals surface area contributed by atoms with Gasteiger partial charge in [0.1, 0.15) is 6.61 Å². The fourth-order valence-electron chi connectivity index (χ4n) is 1.34. The van der Waals surface area contributed by atoms with E-state index in [1.165, 1.54) is 7.11 Å². The van der Waals surface area contributed by atoms with Crippen LogP contribution in [0.2, 0.25) is 0 Å². The van der Waals surface area contributed by atoms with Gasteiger partial charge in [-0.15, -0.1) is 0 Å². The second-order valence-corrected chi connectivity index (χ2v) is 3.41. The molecule has 88 valence electrons. The summed E-state index contributed by atoms with van der Waals surface area (Å²) in [6.45, 7) is 0.432. The fraction of sp³-hybridized carbons (Fsp3) is 0.167. The molecule has 1 heterocycles. The number of aromatic nitrogens is 2. The number of esters is 1. The van der Waals surface area contributed by atoms with E-state index in [-0.39, 0.29) is 5.97 Å². The first-order valence-corrected chi connectivity index (χ1v) is 5.08. The van der Waals surface area contributed by atoms with Gasteiger partial charge in [0.2, 0.25) is 0 Å². The highest BCUT2D eigenvalue weighted by atomic mass is 16.5. The van der Waals surface area contributed by atoms with Crippen molar-refractivity contribution in [3.05, 3.63) is 47.8 Å². The van der Waals surface area contributed by atoms with Crippen molar-refractivity contribution in [2.24, 2.45) is 0 Å². The maximum absolute atomic E-state index is 11.2. The van der Waals surface area contributed by atoms with Crippen molar-refractivity contribution in [3.8, 4) is 5.75 Å². The number of rotatable bonds is 4. The van der Waals surface area contributed by atoms with Crippen LogP contribution in [0.15, 0.2) is 36.7 Å². The molecule has 5 nitrogen and oxygen atoms in total. The zero-order chi connectivity index (χ0) is 12.1. The lowest BCUT2D eigenvalue weighted by Gasteiger charge is -2.04. The van der Waals surface area contributed by atoms with Crippen LogP contribution < -0.4 is 4.74 Å². The van der Waals surface area contributed by atoms with Gasteiger partial charge in [-0.25, -0.2) is 4.79 Å². The van der Waals surface area contributed by atoms with Gasteiger partial charge in [-0.2, -0.15) is 5.10 Å². The molecule has 1 aromatic heterocycles. The molecule has 1 aromatic carbocycles. The number of hydrogen-bond acceptors (Lipinski definition) is 4. The standard InChI is InChI=1S/C12H12N2O3/c1-16-12(15)10-4-2-9(3-5-10)8-17-11-6-13-14-7-11/h2-7H,8H2,1H3,(H,13,14). The number of methoxy groups -OCH3 is 1.